The van der Waals surface area contributed by atoms with Crippen molar-refractivity contribution < 1.29 is 4.79 Å². The van der Waals surface area contributed by atoms with Crippen molar-refractivity contribution in [1.29, 1.82) is 0 Å². The lowest BCUT2D eigenvalue weighted by molar-refractivity contribution is 0.0953. The number of hydrogen-bond donors (Lipinski definition) is 1. The fourth-order valence-electron chi connectivity index (χ4n) is 3.38. The number of unbranched alkanes of at least 4 members (excludes halogenated alkanes) is 1. The maximum atomic E-state index is 12.6. The molecule has 0 fully saturated rings. The van der Waals surface area contributed by atoms with E-state index in [-0.39, 0.29) is 5.91 Å². The molecule has 0 aliphatic carbocycles. The minimum atomic E-state index is -0.0582. The van der Waals surface area contributed by atoms with Crippen molar-refractivity contribution in [3.63, 3.8) is 0 Å². The first-order chi connectivity index (χ1) is 14.6. The summed E-state index contributed by atoms with van der Waals surface area (Å²) in [5.41, 5.74) is 5.43. The van der Waals surface area contributed by atoms with Crippen LogP contribution in [0.2, 0.25) is 5.02 Å². The molecule has 152 valence electrons. The molecule has 1 aliphatic heterocycles. The van der Waals surface area contributed by atoms with Gasteiger partial charge in [-0.15, -0.1) is 0 Å². The van der Waals surface area contributed by atoms with Crippen molar-refractivity contribution in [2.45, 2.75) is 36.5 Å². The molecule has 0 aromatic heterocycles. The van der Waals surface area contributed by atoms with Gasteiger partial charge in [0.15, 0.2) is 0 Å². The average Bonchev–Trinajstić information content (AvgIpc) is 2.92. The van der Waals surface area contributed by atoms with Crippen molar-refractivity contribution in [2.75, 3.05) is 6.54 Å². The number of benzene rings is 3. The van der Waals surface area contributed by atoms with E-state index in [1.807, 2.05) is 49.4 Å². The summed E-state index contributed by atoms with van der Waals surface area (Å²) in [6.45, 7) is 4.79. The van der Waals surface area contributed by atoms with Crippen LogP contribution in [0.1, 0.15) is 46.8 Å². The fraction of sp³-hybridized carbons (Fsp3) is 0.200. The number of amides is 1. The lowest BCUT2D eigenvalue weighted by atomic mass is 10.00. The second-order valence-corrected chi connectivity index (χ2v) is 8.81. The third-order valence-corrected chi connectivity index (χ3v) is 6.63. The number of aliphatic imine (C=N–C) groups is 1. The molecule has 5 heteroatoms. The van der Waals surface area contributed by atoms with Crippen LogP contribution in [0, 0.1) is 6.92 Å². The Morgan fingerprint density at radius 1 is 1.07 bits per heavy atom. The standard InChI is InChI=1S/C25H23ClN2OS/c1-3-4-13-27-25(29)18-10-12-23-21(15-18)28-24(17-9-11-20(26)16(2)14-17)19-7-5-6-8-22(19)30-23/h5-12,14-15H,3-4,13H2,1-2H3,(H,27,29). The molecular formula is C25H23ClN2OS. The van der Waals surface area contributed by atoms with Crippen LogP contribution in [0.4, 0.5) is 5.69 Å². The van der Waals surface area contributed by atoms with E-state index < -0.39 is 0 Å². The molecule has 1 aliphatic rings. The number of nitrogens with one attached hydrogen (secondary N) is 1. The molecule has 0 saturated carbocycles. The summed E-state index contributed by atoms with van der Waals surface area (Å²) in [5, 5.41) is 3.73. The fourth-order valence-corrected chi connectivity index (χ4v) is 4.50. The molecule has 3 aromatic rings. The number of hydrogen-bond acceptors (Lipinski definition) is 3. The smallest absolute Gasteiger partial charge is 0.251 e. The number of halogens is 1. The molecule has 0 atom stereocenters. The Morgan fingerprint density at radius 3 is 2.70 bits per heavy atom. The van der Waals surface area contributed by atoms with Crippen molar-refractivity contribution in [2.24, 2.45) is 4.99 Å². The minimum absolute atomic E-state index is 0.0582. The first kappa shape index (κ1) is 20.7. The van der Waals surface area contributed by atoms with Crippen LogP contribution in [0.3, 0.4) is 0 Å². The molecule has 0 unspecified atom stereocenters. The molecular weight excluding hydrogens is 412 g/mol. The molecule has 1 N–H and O–H groups in total. The van der Waals surface area contributed by atoms with Crippen molar-refractivity contribution >= 4 is 40.7 Å². The highest BCUT2D eigenvalue weighted by atomic mass is 35.5. The Bertz CT molecular complexity index is 1140. The van der Waals surface area contributed by atoms with E-state index in [2.05, 4.69) is 30.4 Å². The van der Waals surface area contributed by atoms with Crippen LogP contribution < -0.4 is 5.32 Å². The summed E-state index contributed by atoms with van der Waals surface area (Å²) in [6.07, 6.45) is 2.02. The van der Waals surface area contributed by atoms with E-state index in [0.29, 0.717) is 12.1 Å². The lowest BCUT2D eigenvalue weighted by Crippen LogP contribution is -2.24. The summed E-state index contributed by atoms with van der Waals surface area (Å²) in [7, 11) is 0. The lowest BCUT2D eigenvalue weighted by Gasteiger charge is -2.10. The van der Waals surface area contributed by atoms with Gasteiger partial charge in [-0.3, -0.25) is 4.79 Å². The molecule has 3 aromatic carbocycles. The van der Waals surface area contributed by atoms with Gasteiger partial charge in [-0.1, -0.05) is 61.0 Å². The third kappa shape index (κ3) is 4.30. The summed E-state index contributed by atoms with van der Waals surface area (Å²) in [5.74, 6) is -0.0582. The zero-order valence-corrected chi connectivity index (χ0v) is 18.6. The van der Waals surface area contributed by atoms with Gasteiger partial charge in [0.25, 0.3) is 5.91 Å². The summed E-state index contributed by atoms with van der Waals surface area (Å²) in [6, 6.07) is 20.0. The summed E-state index contributed by atoms with van der Waals surface area (Å²) >= 11 is 7.93. The van der Waals surface area contributed by atoms with Crippen LogP contribution in [-0.2, 0) is 0 Å². The van der Waals surface area contributed by atoms with Gasteiger partial charge in [0.1, 0.15) is 0 Å². The van der Waals surface area contributed by atoms with E-state index in [9.17, 15) is 4.79 Å². The molecule has 0 saturated heterocycles. The molecule has 1 heterocycles. The predicted octanol–water partition coefficient (Wildman–Crippen LogP) is 6.81. The van der Waals surface area contributed by atoms with Crippen LogP contribution in [0.25, 0.3) is 0 Å². The molecule has 1 amide bonds. The number of fused-ring (bicyclic) bond motifs is 2. The molecule has 0 spiro atoms. The van der Waals surface area contributed by atoms with Crippen LogP contribution in [0.15, 0.2) is 75.4 Å². The summed E-state index contributed by atoms with van der Waals surface area (Å²) in [4.78, 5) is 19.8. The number of carbonyl (C=O) groups is 1. The van der Waals surface area contributed by atoms with E-state index in [0.717, 1.165) is 55.7 Å². The van der Waals surface area contributed by atoms with Gasteiger partial charge in [0.2, 0.25) is 0 Å². The van der Waals surface area contributed by atoms with Gasteiger partial charge in [0, 0.05) is 38.0 Å². The number of nitrogens with zero attached hydrogens (tertiary/aromatic N) is 1. The van der Waals surface area contributed by atoms with Gasteiger partial charge in [-0.2, -0.15) is 0 Å². The van der Waals surface area contributed by atoms with Crippen molar-refractivity contribution in [3.8, 4) is 0 Å². The zero-order chi connectivity index (χ0) is 21.1. The minimum Gasteiger partial charge on any atom is -0.352 e. The molecule has 3 nitrogen and oxygen atoms in total. The van der Waals surface area contributed by atoms with Crippen molar-refractivity contribution in [1.82, 2.24) is 5.32 Å². The number of rotatable bonds is 5. The highest BCUT2D eigenvalue weighted by Gasteiger charge is 2.20. The Labute approximate surface area is 186 Å². The second kappa shape index (κ2) is 9.07. The van der Waals surface area contributed by atoms with E-state index in [1.165, 1.54) is 0 Å². The first-order valence-corrected chi connectivity index (χ1v) is 11.3. The van der Waals surface area contributed by atoms with E-state index >= 15 is 0 Å². The highest BCUT2D eigenvalue weighted by Crippen LogP contribution is 2.41. The van der Waals surface area contributed by atoms with Crippen LogP contribution >= 0.6 is 23.4 Å². The normalized spacial score (nSPS) is 12.4. The van der Waals surface area contributed by atoms with Crippen LogP contribution in [0.5, 0.6) is 0 Å². The van der Waals surface area contributed by atoms with Gasteiger partial charge in [-0.05, 0) is 55.3 Å². The molecule has 30 heavy (non-hydrogen) atoms. The van der Waals surface area contributed by atoms with Crippen LogP contribution in [-0.4, -0.2) is 18.2 Å². The maximum absolute atomic E-state index is 12.6. The predicted molar refractivity (Wildman–Crippen MR) is 126 cm³/mol. The average molecular weight is 435 g/mol. The third-order valence-electron chi connectivity index (χ3n) is 5.06. The monoisotopic (exact) mass is 434 g/mol. The Kier molecular flexibility index (Phi) is 6.26. The molecule has 4 rings (SSSR count). The number of carbonyl (C=O) groups excluding carboxylic acids is 1. The molecule has 0 bridgehead atoms. The Balaban J connectivity index is 1.80. The Morgan fingerprint density at radius 2 is 1.90 bits per heavy atom. The maximum Gasteiger partial charge on any atom is 0.251 e. The topological polar surface area (TPSA) is 41.5 Å². The highest BCUT2D eigenvalue weighted by molar-refractivity contribution is 7.99. The number of aryl methyl sites for hydroxylation is 1. The quantitative estimate of drug-likeness (QED) is 0.350. The largest absolute Gasteiger partial charge is 0.352 e. The van der Waals surface area contributed by atoms with Gasteiger partial charge < -0.3 is 5.32 Å². The van der Waals surface area contributed by atoms with E-state index in [1.54, 1.807) is 11.8 Å². The molecule has 0 radical (unpaired) electrons. The van der Waals surface area contributed by atoms with Gasteiger partial charge in [-0.25, -0.2) is 4.99 Å². The van der Waals surface area contributed by atoms with E-state index in [4.69, 9.17) is 16.6 Å². The van der Waals surface area contributed by atoms with Crippen molar-refractivity contribution in [3.05, 3.63) is 87.9 Å². The summed E-state index contributed by atoms with van der Waals surface area (Å²) < 4.78 is 0. The van der Waals surface area contributed by atoms with Gasteiger partial charge >= 0.3 is 0 Å². The van der Waals surface area contributed by atoms with Gasteiger partial charge in [0.05, 0.1) is 11.4 Å². The second-order valence-electron chi connectivity index (χ2n) is 7.31. The zero-order valence-electron chi connectivity index (χ0n) is 17.0. The first-order valence-electron chi connectivity index (χ1n) is 10.1. The Hall–Kier alpha value is -2.56. The SMILES string of the molecule is CCCCNC(=O)c1ccc2c(c1)N=C(c1ccc(Cl)c(C)c1)c1ccccc1S2.